The molecule has 0 aliphatic rings. The molecule has 0 saturated heterocycles. The van der Waals surface area contributed by atoms with Crippen LogP contribution in [-0.2, 0) is 9.53 Å². The Labute approximate surface area is 113 Å². The summed E-state index contributed by atoms with van der Waals surface area (Å²) in [5.74, 6) is 0.596. The highest BCUT2D eigenvalue weighted by Crippen LogP contribution is 2.15. The predicted molar refractivity (Wildman–Crippen MR) is 76.6 cm³/mol. The Balaban J connectivity index is 4.27. The van der Waals surface area contributed by atoms with E-state index in [0.717, 1.165) is 6.54 Å². The highest BCUT2D eigenvalue weighted by Gasteiger charge is 2.18. The molecule has 3 nitrogen and oxygen atoms in total. The van der Waals surface area contributed by atoms with Crippen molar-refractivity contribution < 1.29 is 9.53 Å². The smallest absolute Gasteiger partial charge is 0.320 e. The Morgan fingerprint density at radius 2 is 1.89 bits per heavy atom. The van der Waals surface area contributed by atoms with Crippen LogP contribution in [0.3, 0.4) is 0 Å². The lowest BCUT2D eigenvalue weighted by Gasteiger charge is -2.29. The maximum Gasteiger partial charge on any atom is 0.320 e. The molecule has 0 aliphatic carbocycles. The first-order chi connectivity index (χ1) is 8.54. The second-order valence-electron chi connectivity index (χ2n) is 5.24. The molecule has 0 radical (unpaired) electrons. The van der Waals surface area contributed by atoms with E-state index >= 15 is 0 Å². The molecule has 0 fully saturated rings. The first-order valence-electron chi connectivity index (χ1n) is 7.44. The van der Waals surface area contributed by atoms with Crippen LogP contribution in [0.15, 0.2) is 0 Å². The molecule has 3 heteroatoms. The molecule has 0 heterocycles. The van der Waals surface area contributed by atoms with Crippen molar-refractivity contribution in [1.29, 1.82) is 0 Å². The molecule has 0 rings (SSSR count). The molecule has 0 spiro atoms. The summed E-state index contributed by atoms with van der Waals surface area (Å²) in [6, 6.07) is 0.394. The first kappa shape index (κ1) is 17.4. The van der Waals surface area contributed by atoms with Gasteiger partial charge in [-0.3, -0.25) is 9.69 Å². The highest BCUT2D eigenvalue weighted by atomic mass is 16.5. The molecule has 0 aromatic heterocycles. The van der Waals surface area contributed by atoms with Crippen molar-refractivity contribution in [2.45, 2.75) is 66.3 Å². The fourth-order valence-corrected chi connectivity index (χ4v) is 2.08. The van der Waals surface area contributed by atoms with Gasteiger partial charge in [0.15, 0.2) is 0 Å². The molecule has 1 unspecified atom stereocenters. The van der Waals surface area contributed by atoms with Gasteiger partial charge in [-0.25, -0.2) is 0 Å². The predicted octanol–water partition coefficient (Wildman–Crippen LogP) is 3.48. The summed E-state index contributed by atoms with van der Waals surface area (Å²) >= 11 is 0. The zero-order valence-electron chi connectivity index (χ0n) is 12.9. The molecule has 0 aliphatic heterocycles. The lowest BCUT2D eigenvalue weighted by molar-refractivity contribution is -0.145. The van der Waals surface area contributed by atoms with Crippen molar-refractivity contribution in [1.82, 2.24) is 4.90 Å². The summed E-state index contributed by atoms with van der Waals surface area (Å²) in [5.41, 5.74) is 0. The van der Waals surface area contributed by atoms with Crippen LogP contribution < -0.4 is 0 Å². The maximum atomic E-state index is 11.6. The van der Waals surface area contributed by atoms with E-state index in [-0.39, 0.29) is 5.97 Å². The lowest BCUT2D eigenvalue weighted by Crippen LogP contribution is -2.39. The summed E-state index contributed by atoms with van der Waals surface area (Å²) in [4.78, 5) is 13.8. The van der Waals surface area contributed by atoms with Crippen molar-refractivity contribution in [3.05, 3.63) is 0 Å². The molecule has 0 amide bonds. The molecule has 1 atom stereocenters. The third-order valence-corrected chi connectivity index (χ3v) is 3.40. The standard InChI is InChI=1S/C15H31NO2/c1-6-9-10-14(7-2)11-16(13(4)5)12-15(17)18-8-3/h13-14H,6-12H2,1-5H3. The van der Waals surface area contributed by atoms with Crippen molar-refractivity contribution in [3.63, 3.8) is 0 Å². The second-order valence-corrected chi connectivity index (χ2v) is 5.24. The van der Waals surface area contributed by atoms with Crippen LogP contribution in [0.4, 0.5) is 0 Å². The zero-order valence-corrected chi connectivity index (χ0v) is 12.9. The Morgan fingerprint density at radius 1 is 1.22 bits per heavy atom. The Morgan fingerprint density at radius 3 is 2.33 bits per heavy atom. The van der Waals surface area contributed by atoms with Gasteiger partial charge in [0, 0.05) is 12.6 Å². The molecule has 18 heavy (non-hydrogen) atoms. The molecule has 0 N–H and O–H groups in total. The molecule has 0 aromatic rings. The summed E-state index contributed by atoms with van der Waals surface area (Å²) < 4.78 is 5.04. The number of hydrogen-bond donors (Lipinski definition) is 0. The van der Waals surface area contributed by atoms with E-state index < -0.39 is 0 Å². The minimum atomic E-state index is -0.100. The van der Waals surface area contributed by atoms with Gasteiger partial charge in [-0.15, -0.1) is 0 Å². The van der Waals surface area contributed by atoms with Gasteiger partial charge in [0.25, 0.3) is 0 Å². The van der Waals surface area contributed by atoms with Crippen molar-refractivity contribution in [3.8, 4) is 0 Å². The van der Waals surface area contributed by atoms with Crippen molar-refractivity contribution in [2.24, 2.45) is 5.92 Å². The quantitative estimate of drug-likeness (QED) is 0.561. The van der Waals surface area contributed by atoms with Crippen molar-refractivity contribution >= 4 is 5.97 Å². The van der Waals surface area contributed by atoms with E-state index in [1.807, 2.05) is 6.92 Å². The minimum Gasteiger partial charge on any atom is -0.465 e. The van der Waals surface area contributed by atoms with Gasteiger partial charge in [0.2, 0.25) is 0 Å². The van der Waals surface area contributed by atoms with E-state index in [2.05, 4.69) is 32.6 Å². The summed E-state index contributed by atoms with van der Waals surface area (Å²) in [6.07, 6.45) is 4.98. The topological polar surface area (TPSA) is 29.5 Å². The van der Waals surface area contributed by atoms with Gasteiger partial charge >= 0.3 is 5.97 Å². The molecule has 0 aromatic carbocycles. The van der Waals surface area contributed by atoms with Gasteiger partial charge in [0.05, 0.1) is 13.2 Å². The average Bonchev–Trinajstić information content (AvgIpc) is 2.33. The van der Waals surface area contributed by atoms with E-state index in [9.17, 15) is 4.79 Å². The minimum absolute atomic E-state index is 0.100. The van der Waals surface area contributed by atoms with Crippen LogP contribution in [0.1, 0.15) is 60.3 Å². The van der Waals surface area contributed by atoms with E-state index in [1.54, 1.807) is 0 Å². The summed E-state index contributed by atoms with van der Waals surface area (Å²) in [7, 11) is 0. The fraction of sp³-hybridized carbons (Fsp3) is 0.933. The van der Waals surface area contributed by atoms with Crippen LogP contribution >= 0.6 is 0 Å². The average molecular weight is 257 g/mol. The number of rotatable bonds is 10. The number of carbonyl (C=O) groups is 1. The van der Waals surface area contributed by atoms with E-state index in [4.69, 9.17) is 4.74 Å². The largest absolute Gasteiger partial charge is 0.465 e. The first-order valence-corrected chi connectivity index (χ1v) is 7.44. The van der Waals surface area contributed by atoms with E-state index in [1.165, 1.54) is 25.7 Å². The Bertz CT molecular complexity index is 217. The maximum absolute atomic E-state index is 11.6. The fourth-order valence-electron chi connectivity index (χ4n) is 2.08. The Hall–Kier alpha value is -0.570. The Kier molecular flexibility index (Phi) is 10.0. The molecule has 0 bridgehead atoms. The molecular formula is C15H31NO2. The monoisotopic (exact) mass is 257 g/mol. The third kappa shape index (κ3) is 7.70. The van der Waals surface area contributed by atoms with Gasteiger partial charge in [-0.1, -0.05) is 33.1 Å². The van der Waals surface area contributed by atoms with E-state index in [0.29, 0.717) is 25.1 Å². The number of nitrogens with zero attached hydrogens (tertiary/aromatic N) is 1. The van der Waals surface area contributed by atoms with Crippen LogP contribution in [0.5, 0.6) is 0 Å². The van der Waals surface area contributed by atoms with Gasteiger partial charge in [0.1, 0.15) is 0 Å². The number of ether oxygens (including phenoxy) is 1. The number of unbranched alkanes of at least 4 members (excludes halogenated alkanes) is 1. The normalized spacial score (nSPS) is 13.1. The second kappa shape index (κ2) is 10.4. The highest BCUT2D eigenvalue weighted by molar-refractivity contribution is 5.71. The lowest BCUT2D eigenvalue weighted by atomic mass is 9.98. The number of hydrogen-bond acceptors (Lipinski definition) is 3. The number of esters is 1. The van der Waals surface area contributed by atoms with Gasteiger partial charge < -0.3 is 4.74 Å². The summed E-state index contributed by atoms with van der Waals surface area (Å²) in [6.45, 7) is 12.5. The van der Waals surface area contributed by atoms with Gasteiger partial charge in [-0.05, 0) is 33.1 Å². The van der Waals surface area contributed by atoms with Gasteiger partial charge in [-0.2, -0.15) is 0 Å². The van der Waals surface area contributed by atoms with Crippen LogP contribution in [0.25, 0.3) is 0 Å². The van der Waals surface area contributed by atoms with Crippen LogP contribution in [-0.4, -0.2) is 36.6 Å². The van der Waals surface area contributed by atoms with Crippen LogP contribution in [0.2, 0.25) is 0 Å². The zero-order chi connectivity index (χ0) is 14.0. The van der Waals surface area contributed by atoms with Crippen LogP contribution in [0, 0.1) is 5.92 Å². The SMILES string of the molecule is CCCCC(CC)CN(CC(=O)OCC)C(C)C. The molecule has 108 valence electrons. The summed E-state index contributed by atoms with van der Waals surface area (Å²) in [5, 5.41) is 0. The molecular weight excluding hydrogens is 226 g/mol. The third-order valence-electron chi connectivity index (χ3n) is 3.40. The molecule has 0 saturated carbocycles. The van der Waals surface area contributed by atoms with Crippen molar-refractivity contribution in [2.75, 3.05) is 19.7 Å². The number of carbonyl (C=O) groups excluding carboxylic acids is 1.